The summed E-state index contributed by atoms with van der Waals surface area (Å²) in [6.45, 7) is 2.40. The fourth-order valence-electron chi connectivity index (χ4n) is 4.25. The van der Waals surface area contributed by atoms with Crippen molar-refractivity contribution in [3.05, 3.63) is 102 Å². The van der Waals surface area contributed by atoms with Crippen molar-refractivity contribution in [2.75, 3.05) is 11.9 Å². The molecule has 2 amide bonds. The third kappa shape index (κ3) is 7.38. The second kappa shape index (κ2) is 13.3. The second-order valence-electron chi connectivity index (χ2n) is 9.26. The monoisotopic (exact) mass is 512 g/mol. The van der Waals surface area contributed by atoms with Gasteiger partial charge in [-0.25, -0.2) is 9.07 Å². The summed E-state index contributed by atoms with van der Waals surface area (Å²) in [4.78, 5) is 28.0. The molecule has 1 aromatic heterocycles. The van der Waals surface area contributed by atoms with Crippen molar-refractivity contribution >= 4 is 17.6 Å². The predicted molar refractivity (Wildman–Crippen MR) is 148 cm³/mol. The van der Waals surface area contributed by atoms with E-state index in [1.807, 2.05) is 60.7 Å². The lowest BCUT2D eigenvalue weighted by Crippen LogP contribution is -2.37. The lowest BCUT2D eigenvalue weighted by Gasteiger charge is -2.22. The van der Waals surface area contributed by atoms with E-state index in [9.17, 15) is 14.0 Å². The molecule has 0 aliphatic heterocycles. The van der Waals surface area contributed by atoms with E-state index < -0.39 is 0 Å². The number of nitrogens with one attached hydrogen (secondary N) is 1. The molecule has 0 bridgehead atoms. The summed E-state index contributed by atoms with van der Waals surface area (Å²) in [5.74, 6) is -0.290. The van der Waals surface area contributed by atoms with Crippen LogP contribution < -0.4 is 5.32 Å². The summed E-state index contributed by atoms with van der Waals surface area (Å²) in [7, 11) is 0. The maximum absolute atomic E-state index is 13.6. The molecule has 0 aliphatic carbocycles. The van der Waals surface area contributed by atoms with Crippen molar-refractivity contribution < 1.29 is 14.0 Å². The Bertz CT molecular complexity index is 1320. The van der Waals surface area contributed by atoms with E-state index in [2.05, 4.69) is 17.3 Å². The molecule has 6 nitrogen and oxygen atoms in total. The van der Waals surface area contributed by atoms with E-state index in [1.165, 1.54) is 12.1 Å². The lowest BCUT2D eigenvalue weighted by molar-refractivity contribution is -0.135. The quantitative estimate of drug-likeness (QED) is 0.217. The first-order chi connectivity index (χ1) is 18.5. The molecular weight excluding hydrogens is 479 g/mol. The van der Waals surface area contributed by atoms with Crippen LogP contribution in [0, 0.1) is 5.82 Å². The van der Waals surface area contributed by atoms with Gasteiger partial charge in [0.25, 0.3) is 0 Å². The van der Waals surface area contributed by atoms with Crippen molar-refractivity contribution in [3.8, 4) is 16.9 Å². The van der Waals surface area contributed by atoms with Gasteiger partial charge in [-0.1, -0.05) is 86.8 Å². The van der Waals surface area contributed by atoms with Crippen LogP contribution in [0.3, 0.4) is 0 Å². The number of amides is 2. The number of aromatic nitrogens is 2. The molecule has 196 valence electrons. The number of hydrogen-bond acceptors (Lipinski definition) is 3. The number of unbranched alkanes of at least 4 members (excludes halogenated alkanes) is 3. The zero-order chi connectivity index (χ0) is 26.7. The Morgan fingerprint density at radius 3 is 2.26 bits per heavy atom. The molecule has 38 heavy (non-hydrogen) atoms. The summed E-state index contributed by atoms with van der Waals surface area (Å²) < 4.78 is 15.2. The van der Waals surface area contributed by atoms with Gasteiger partial charge in [0.05, 0.1) is 11.4 Å². The van der Waals surface area contributed by atoms with Crippen molar-refractivity contribution in [1.29, 1.82) is 0 Å². The number of carbonyl (C=O) groups excluding carboxylic acids is 2. The molecule has 4 rings (SSSR count). The fraction of sp³-hybridized carbons (Fsp3) is 0.258. The van der Waals surface area contributed by atoms with Gasteiger partial charge < -0.3 is 10.2 Å². The molecule has 1 heterocycles. The third-order valence-electron chi connectivity index (χ3n) is 6.27. The van der Waals surface area contributed by atoms with E-state index in [-0.39, 0.29) is 24.2 Å². The summed E-state index contributed by atoms with van der Waals surface area (Å²) in [6, 6.07) is 27.0. The van der Waals surface area contributed by atoms with Gasteiger partial charge >= 0.3 is 0 Å². The fourth-order valence-corrected chi connectivity index (χ4v) is 4.25. The van der Waals surface area contributed by atoms with Crippen LogP contribution in [-0.2, 0) is 16.1 Å². The number of rotatable bonds is 12. The van der Waals surface area contributed by atoms with E-state index >= 15 is 0 Å². The number of carbonyl (C=O) groups is 2. The molecule has 0 saturated carbocycles. The van der Waals surface area contributed by atoms with E-state index in [0.29, 0.717) is 30.2 Å². The number of benzene rings is 3. The maximum atomic E-state index is 13.6. The summed E-state index contributed by atoms with van der Waals surface area (Å²) in [5.41, 5.74) is 3.12. The highest BCUT2D eigenvalue weighted by molar-refractivity contribution is 5.94. The Labute approximate surface area is 223 Å². The Balaban J connectivity index is 1.55. The average Bonchev–Trinajstić information content (AvgIpc) is 3.35. The number of halogens is 1. The lowest BCUT2D eigenvalue weighted by atomic mass is 10.1. The van der Waals surface area contributed by atoms with Crippen LogP contribution in [0.1, 0.15) is 44.6 Å². The van der Waals surface area contributed by atoms with E-state index in [4.69, 9.17) is 0 Å². The van der Waals surface area contributed by atoms with Gasteiger partial charge in [0, 0.05) is 24.6 Å². The molecule has 3 aromatic carbocycles. The maximum Gasteiger partial charge on any atom is 0.245 e. The first kappa shape index (κ1) is 26.8. The third-order valence-corrected chi connectivity index (χ3v) is 6.27. The number of nitrogens with zero attached hydrogens (tertiary/aromatic N) is 3. The average molecular weight is 513 g/mol. The zero-order valence-corrected chi connectivity index (χ0v) is 21.6. The van der Waals surface area contributed by atoms with Crippen molar-refractivity contribution in [2.24, 2.45) is 0 Å². The highest BCUT2D eigenvalue weighted by Crippen LogP contribution is 2.25. The van der Waals surface area contributed by atoms with Gasteiger partial charge in [-0.15, -0.1) is 0 Å². The molecule has 0 atom stereocenters. The first-order valence-electron chi connectivity index (χ1n) is 13.1. The van der Waals surface area contributed by atoms with Crippen LogP contribution in [0.4, 0.5) is 10.2 Å². The molecular formula is C31H33FN4O2. The minimum absolute atomic E-state index is 0.0443. The molecule has 0 spiro atoms. The summed E-state index contributed by atoms with van der Waals surface area (Å²) >= 11 is 0. The Kier molecular flexibility index (Phi) is 9.40. The summed E-state index contributed by atoms with van der Waals surface area (Å²) in [6.07, 6.45) is 4.39. The van der Waals surface area contributed by atoms with Gasteiger partial charge in [0.1, 0.15) is 18.2 Å². The standard InChI is InChI=1S/C31H33FN4O2/c1-2-3-4-11-16-31(38)35(22-24-12-7-5-8-13-24)23-30(37)33-29-21-28(25-14-9-6-10-15-25)34-36(29)27-19-17-26(32)18-20-27/h5-10,12-15,17-21H,2-4,11,16,22-23H2,1H3,(H,33,37). The van der Waals surface area contributed by atoms with Crippen molar-refractivity contribution in [3.63, 3.8) is 0 Å². The largest absolute Gasteiger partial charge is 0.329 e. The Hall–Kier alpha value is -4.26. The van der Waals surface area contributed by atoms with E-state index in [1.54, 1.807) is 27.8 Å². The Morgan fingerprint density at radius 1 is 0.895 bits per heavy atom. The minimum atomic E-state index is -0.358. The van der Waals surface area contributed by atoms with Crippen LogP contribution in [-0.4, -0.2) is 33.0 Å². The van der Waals surface area contributed by atoms with Crippen LogP contribution in [0.15, 0.2) is 91.0 Å². The Morgan fingerprint density at radius 2 is 1.58 bits per heavy atom. The van der Waals surface area contributed by atoms with Gasteiger partial charge in [-0.2, -0.15) is 5.10 Å². The number of hydrogen-bond donors (Lipinski definition) is 1. The highest BCUT2D eigenvalue weighted by Gasteiger charge is 2.20. The van der Waals surface area contributed by atoms with Crippen molar-refractivity contribution in [2.45, 2.75) is 45.6 Å². The van der Waals surface area contributed by atoms with Gasteiger partial charge in [-0.05, 0) is 36.2 Å². The molecule has 0 unspecified atom stereocenters. The zero-order valence-electron chi connectivity index (χ0n) is 21.6. The van der Waals surface area contributed by atoms with Crippen LogP contribution in [0.5, 0.6) is 0 Å². The van der Waals surface area contributed by atoms with Gasteiger partial charge in [-0.3, -0.25) is 9.59 Å². The molecule has 0 saturated heterocycles. The molecule has 4 aromatic rings. The van der Waals surface area contributed by atoms with Crippen LogP contribution in [0.25, 0.3) is 16.9 Å². The highest BCUT2D eigenvalue weighted by atomic mass is 19.1. The SMILES string of the molecule is CCCCCCC(=O)N(CC(=O)Nc1cc(-c2ccccc2)nn1-c1ccc(F)cc1)Cc1ccccc1. The minimum Gasteiger partial charge on any atom is -0.329 e. The van der Waals surface area contributed by atoms with E-state index in [0.717, 1.165) is 36.8 Å². The molecule has 0 aliphatic rings. The first-order valence-corrected chi connectivity index (χ1v) is 13.1. The van der Waals surface area contributed by atoms with Crippen LogP contribution >= 0.6 is 0 Å². The van der Waals surface area contributed by atoms with Crippen LogP contribution in [0.2, 0.25) is 0 Å². The molecule has 1 N–H and O–H groups in total. The summed E-state index contributed by atoms with van der Waals surface area (Å²) in [5, 5.41) is 7.61. The van der Waals surface area contributed by atoms with Gasteiger partial charge in [0.2, 0.25) is 11.8 Å². The molecule has 7 heteroatoms. The smallest absolute Gasteiger partial charge is 0.245 e. The van der Waals surface area contributed by atoms with Crippen molar-refractivity contribution in [1.82, 2.24) is 14.7 Å². The van der Waals surface area contributed by atoms with Gasteiger partial charge in [0.15, 0.2) is 0 Å². The molecule has 0 radical (unpaired) electrons. The normalized spacial score (nSPS) is 10.8. The second-order valence-corrected chi connectivity index (χ2v) is 9.26. The predicted octanol–water partition coefficient (Wildman–Crippen LogP) is 6.62. The molecule has 0 fully saturated rings. The number of anilines is 1. The topological polar surface area (TPSA) is 67.2 Å².